The predicted molar refractivity (Wildman–Crippen MR) is 128 cm³/mol. The molecule has 168 valence electrons. The molecule has 6 nitrogen and oxygen atoms in total. The summed E-state index contributed by atoms with van der Waals surface area (Å²) in [5.41, 5.74) is 4.09. The standard InChI is InChI=1S/C27H27N3O3/c1-32-22-7-8-25-23(16-22)24(17-29-25)20-10-13-30(14-11-20)27(31)21-9-12-28-26(15-21)33-18-19-5-3-2-4-6-19/h2-9,12,15-17,20,29H,10-11,13-14,18H2,1H3. The second kappa shape index (κ2) is 9.36. The molecule has 0 aliphatic carbocycles. The number of methoxy groups -OCH3 is 1. The molecule has 6 heteroatoms. The fourth-order valence-electron chi connectivity index (χ4n) is 4.52. The molecule has 0 radical (unpaired) electrons. The normalized spacial score (nSPS) is 14.4. The molecule has 1 aliphatic heterocycles. The third-order valence-corrected chi connectivity index (χ3v) is 6.35. The van der Waals surface area contributed by atoms with E-state index in [1.807, 2.05) is 41.3 Å². The molecule has 1 saturated heterocycles. The lowest BCUT2D eigenvalue weighted by molar-refractivity contribution is 0.0712. The van der Waals surface area contributed by atoms with Crippen LogP contribution < -0.4 is 9.47 Å². The first kappa shape index (κ1) is 21.1. The van der Waals surface area contributed by atoms with Gasteiger partial charge in [-0.15, -0.1) is 0 Å². The summed E-state index contributed by atoms with van der Waals surface area (Å²) in [7, 11) is 1.69. The number of hydrogen-bond donors (Lipinski definition) is 1. The van der Waals surface area contributed by atoms with Crippen LogP contribution in [0.3, 0.4) is 0 Å². The smallest absolute Gasteiger partial charge is 0.254 e. The molecule has 1 fully saturated rings. The average Bonchev–Trinajstić information content (AvgIpc) is 3.31. The van der Waals surface area contributed by atoms with Crippen molar-refractivity contribution in [3.05, 3.63) is 89.7 Å². The molecular formula is C27H27N3O3. The number of pyridine rings is 1. The van der Waals surface area contributed by atoms with Gasteiger partial charge in [-0.1, -0.05) is 30.3 Å². The topological polar surface area (TPSA) is 67.5 Å². The van der Waals surface area contributed by atoms with Gasteiger partial charge in [0.05, 0.1) is 7.11 Å². The van der Waals surface area contributed by atoms with Crippen LogP contribution in [0.1, 0.15) is 40.2 Å². The molecule has 3 heterocycles. The Kier molecular flexibility index (Phi) is 5.98. The third-order valence-electron chi connectivity index (χ3n) is 6.35. The van der Waals surface area contributed by atoms with Gasteiger partial charge in [-0.05, 0) is 54.2 Å². The molecule has 4 aromatic rings. The molecule has 5 rings (SSSR count). The highest BCUT2D eigenvalue weighted by molar-refractivity contribution is 5.94. The number of nitrogens with zero attached hydrogens (tertiary/aromatic N) is 2. The number of aromatic nitrogens is 2. The van der Waals surface area contributed by atoms with Crippen LogP contribution in [0.15, 0.2) is 73.1 Å². The van der Waals surface area contributed by atoms with Crippen LogP contribution in [0.25, 0.3) is 10.9 Å². The van der Waals surface area contributed by atoms with E-state index in [1.54, 1.807) is 25.4 Å². The first-order valence-electron chi connectivity index (χ1n) is 11.3. The van der Waals surface area contributed by atoms with E-state index in [4.69, 9.17) is 9.47 Å². The number of aromatic amines is 1. The quantitative estimate of drug-likeness (QED) is 0.448. The van der Waals surface area contributed by atoms with Gasteiger partial charge in [0.2, 0.25) is 5.88 Å². The Hall–Kier alpha value is -3.80. The number of benzene rings is 2. The Bertz CT molecular complexity index is 1240. The zero-order chi connectivity index (χ0) is 22.6. The summed E-state index contributed by atoms with van der Waals surface area (Å²) >= 11 is 0. The average molecular weight is 442 g/mol. The van der Waals surface area contributed by atoms with Gasteiger partial charge in [-0.3, -0.25) is 4.79 Å². The maximum absolute atomic E-state index is 13.1. The van der Waals surface area contributed by atoms with Crippen LogP contribution in [0.4, 0.5) is 0 Å². The first-order valence-corrected chi connectivity index (χ1v) is 11.3. The molecule has 0 spiro atoms. The minimum absolute atomic E-state index is 0.0287. The SMILES string of the molecule is COc1ccc2[nH]cc(C3CCN(C(=O)c4ccnc(OCc5ccccc5)c4)CC3)c2c1. The number of carbonyl (C=O) groups excluding carboxylic acids is 1. The van der Waals surface area contributed by atoms with Gasteiger partial charge in [-0.2, -0.15) is 0 Å². The Morgan fingerprint density at radius 3 is 2.70 bits per heavy atom. The van der Waals surface area contributed by atoms with E-state index in [9.17, 15) is 4.79 Å². The molecule has 1 N–H and O–H groups in total. The number of amides is 1. The molecule has 33 heavy (non-hydrogen) atoms. The first-order chi connectivity index (χ1) is 16.2. The van der Waals surface area contributed by atoms with Crippen molar-refractivity contribution in [2.75, 3.05) is 20.2 Å². The van der Waals surface area contributed by atoms with Crippen LogP contribution in [-0.2, 0) is 6.61 Å². The van der Waals surface area contributed by atoms with Crippen molar-refractivity contribution in [2.45, 2.75) is 25.4 Å². The highest BCUT2D eigenvalue weighted by Gasteiger charge is 2.26. The fourth-order valence-corrected chi connectivity index (χ4v) is 4.52. The number of H-pyrrole nitrogens is 1. The summed E-state index contributed by atoms with van der Waals surface area (Å²) in [6, 6.07) is 19.5. The summed E-state index contributed by atoms with van der Waals surface area (Å²) in [4.78, 5) is 22.7. The molecule has 0 atom stereocenters. The van der Waals surface area contributed by atoms with Gasteiger partial charge < -0.3 is 19.4 Å². The van der Waals surface area contributed by atoms with E-state index in [2.05, 4.69) is 28.3 Å². The van der Waals surface area contributed by atoms with Crippen molar-refractivity contribution in [1.29, 1.82) is 0 Å². The highest BCUT2D eigenvalue weighted by atomic mass is 16.5. The highest BCUT2D eigenvalue weighted by Crippen LogP contribution is 2.35. The zero-order valence-electron chi connectivity index (χ0n) is 18.7. The second-order valence-electron chi connectivity index (χ2n) is 8.38. The number of rotatable bonds is 6. The van der Waals surface area contributed by atoms with Gasteiger partial charge >= 0.3 is 0 Å². The van der Waals surface area contributed by atoms with E-state index in [-0.39, 0.29) is 5.91 Å². The van der Waals surface area contributed by atoms with E-state index < -0.39 is 0 Å². The minimum atomic E-state index is 0.0287. The van der Waals surface area contributed by atoms with Gasteiger partial charge in [0.15, 0.2) is 0 Å². The van der Waals surface area contributed by atoms with E-state index in [0.717, 1.165) is 42.8 Å². The molecule has 0 saturated carbocycles. The van der Waals surface area contributed by atoms with Crippen molar-refractivity contribution < 1.29 is 14.3 Å². The Morgan fingerprint density at radius 2 is 1.91 bits per heavy atom. The number of nitrogens with one attached hydrogen (secondary N) is 1. The summed E-state index contributed by atoms with van der Waals surface area (Å²) in [6.07, 6.45) is 5.60. The van der Waals surface area contributed by atoms with Crippen LogP contribution >= 0.6 is 0 Å². The van der Waals surface area contributed by atoms with Crippen molar-refractivity contribution in [2.24, 2.45) is 0 Å². The maximum Gasteiger partial charge on any atom is 0.254 e. The van der Waals surface area contributed by atoms with E-state index >= 15 is 0 Å². The second-order valence-corrected chi connectivity index (χ2v) is 8.38. The van der Waals surface area contributed by atoms with E-state index in [0.29, 0.717) is 24.0 Å². The summed E-state index contributed by atoms with van der Waals surface area (Å²) in [6.45, 7) is 1.87. The lowest BCUT2D eigenvalue weighted by Crippen LogP contribution is -2.37. The summed E-state index contributed by atoms with van der Waals surface area (Å²) in [5, 5.41) is 1.20. The van der Waals surface area contributed by atoms with Gasteiger partial charge in [-0.25, -0.2) is 4.98 Å². The summed E-state index contributed by atoms with van der Waals surface area (Å²) < 4.78 is 11.2. The van der Waals surface area contributed by atoms with Crippen molar-refractivity contribution in [3.8, 4) is 11.6 Å². The minimum Gasteiger partial charge on any atom is -0.497 e. The number of hydrogen-bond acceptors (Lipinski definition) is 4. The molecule has 2 aromatic carbocycles. The van der Waals surface area contributed by atoms with Crippen LogP contribution in [0, 0.1) is 0 Å². The molecule has 1 amide bonds. The molecule has 2 aromatic heterocycles. The Balaban J connectivity index is 1.23. The maximum atomic E-state index is 13.1. The molecule has 0 bridgehead atoms. The predicted octanol–water partition coefficient (Wildman–Crippen LogP) is 5.17. The van der Waals surface area contributed by atoms with Gasteiger partial charge in [0, 0.05) is 48.0 Å². The van der Waals surface area contributed by atoms with Crippen LogP contribution in [-0.4, -0.2) is 41.0 Å². The number of carbonyl (C=O) groups is 1. The lowest BCUT2D eigenvalue weighted by atomic mass is 9.89. The molecule has 1 aliphatic rings. The Labute approximate surface area is 193 Å². The van der Waals surface area contributed by atoms with Gasteiger partial charge in [0.1, 0.15) is 12.4 Å². The van der Waals surface area contributed by atoms with Crippen molar-refractivity contribution in [3.63, 3.8) is 0 Å². The summed E-state index contributed by atoms with van der Waals surface area (Å²) in [5.74, 6) is 1.77. The third kappa shape index (κ3) is 4.55. The lowest BCUT2D eigenvalue weighted by Gasteiger charge is -2.32. The largest absolute Gasteiger partial charge is 0.497 e. The molecular weight excluding hydrogens is 414 g/mol. The zero-order valence-corrected chi connectivity index (χ0v) is 18.7. The Morgan fingerprint density at radius 1 is 1.09 bits per heavy atom. The fraction of sp³-hybridized carbons (Fsp3) is 0.259. The number of fused-ring (bicyclic) bond motifs is 1. The van der Waals surface area contributed by atoms with Crippen molar-refractivity contribution in [1.82, 2.24) is 14.9 Å². The number of likely N-dealkylation sites (tertiary alicyclic amines) is 1. The van der Waals surface area contributed by atoms with E-state index in [1.165, 1.54) is 10.9 Å². The number of ether oxygens (including phenoxy) is 2. The van der Waals surface area contributed by atoms with Gasteiger partial charge in [0.25, 0.3) is 5.91 Å². The molecule has 0 unspecified atom stereocenters. The van der Waals surface area contributed by atoms with Crippen molar-refractivity contribution >= 4 is 16.8 Å². The monoisotopic (exact) mass is 441 g/mol. The van der Waals surface area contributed by atoms with Crippen LogP contribution in [0.5, 0.6) is 11.6 Å². The number of piperidine rings is 1. The van der Waals surface area contributed by atoms with Crippen LogP contribution in [0.2, 0.25) is 0 Å².